The van der Waals surface area contributed by atoms with Crippen molar-refractivity contribution in [3.8, 4) is 0 Å². The summed E-state index contributed by atoms with van der Waals surface area (Å²) in [6.07, 6.45) is 0.413. The maximum Gasteiger partial charge on any atom is 0.417 e. The zero-order valence-corrected chi connectivity index (χ0v) is 21.8. The van der Waals surface area contributed by atoms with E-state index in [1.165, 1.54) is 6.07 Å². The molecule has 37 heavy (non-hydrogen) atoms. The van der Waals surface area contributed by atoms with Crippen molar-refractivity contribution in [2.24, 2.45) is 7.05 Å². The fourth-order valence-electron chi connectivity index (χ4n) is 5.08. The van der Waals surface area contributed by atoms with Crippen molar-refractivity contribution >= 4 is 38.4 Å². The van der Waals surface area contributed by atoms with E-state index in [-0.39, 0.29) is 10.9 Å². The zero-order valence-electron chi connectivity index (χ0n) is 20.2. The highest BCUT2D eigenvalue weighted by molar-refractivity contribution is 7.91. The molecular weight excluding hydrogens is 527 g/mol. The highest BCUT2D eigenvalue weighted by Crippen LogP contribution is 2.37. The normalized spacial score (nSPS) is 17.9. The van der Waals surface area contributed by atoms with E-state index in [1.54, 1.807) is 18.2 Å². The van der Waals surface area contributed by atoms with Gasteiger partial charge in [0.1, 0.15) is 0 Å². The van der Waals surface area contributed by atoms with Crippen LogP contribution in [-0.2, 0) is 29.8 Å². The Kier molecular flexibility index (Phi) is 6.79. The molecule has 1 aromatic heterocycles. The number of nitrogens with zero attached hydrogens (tertiary/aromatic N) is 2. The van der Waals surface area contributed by atoms with E-state index in [2.05, 4.69) is 9.62 Å². The maximum atomic E-state index is 13.2. The lowest BCUT2D eigenvalue weighted by atomic mass is 9.89. The smallest absolute Gasteiger partial charge is 0.350 e. The summed E-state index contributed by atoms with van der Waals surface area (Å²) in [4.78, 5) is 14.7. The number of aromatic nitrogens is 1. The molecule has 2 heterocycles. The third kappa shape index (κ3) is 5.51. The van der Waals surface area contributed by atoms with Gasteiger partial charge >= 0.3 is 6.18 Å². The Bertz CT molecular complexity index is 1460. The molecule has 0 radical (unpaired) electrons. The van der Waals surface area contributed by atoms with Crippen LogP contribution in [0.1, 0.15) is 58.6 Å². The minimum absolute atomic E-state index is 0.269. The number of fused-ring (bicyclic) bond motifs is 1. The van der Waals surface area contributed by atoms with Crippen molar-refractivity contribution in [2.75, 3.05) is 13.1 Å². The number of piperidine rings is 1. The lowest BCUT2D eigenvalue weighted by molar-refractivity contribution is -0.137. The lowest BCUT2D eigenvalue weighted by Gasteiger charge is -2.32. The van der Waals surface area contributed by atoms with Crippen molar-refractivity contribution < 1.29 is 26.4 Å². The number of rotatable bonds is 6. The van der Waals surface area contributed by atoms with Crippen molar-refractivity contribution in [2.45, 2.75) is 49.6 Å². The van der Waals surface area contributed by atoms with Crippen LogP contribution in [-0.4, -0.2) is 42.1 Å². The Morgan fingerprint density at radius 3 is 2.43 bits per heavy atom. The van der Waals surface area contributed by atoms with Crippen LogP contribution < -0.4 is 4.72 Å². The van der Waals surface area contributed by atoms with E-state index in [4.69, 9.17) is 11.6 Å². The van der Waals surface area contributed by atoms with E-state index in [9.17, 15) is 26.4 Å². The number of hydrogen-bond donors (Lipinski definition) is 1. The number of benzene rings is 2. The number of carbonyl (C=O) groups is 1. The van der Waals surface area contributed by atoms with E-state index < -0.39 is 32.9 Å². The van der Waals surface area contributed by atoms with Crippen LogP contribution in [0.15, 0.2) is 42.6 Å². The molecular formula is C26H27ClF3N3O3S. The van der Waals surface area contributed by atoms with Gasteiger partial charge in [0.25, 0.3) is 5.91 Å². The minimum atomic E-state index is -4.49. The van der Waals surface area contributed by atoms with Crippen molar-refractivity contribution in [1.82, 2.24) is 14.2 Å². The summed E-state index contributed by atoms with van der Waals surface area (Å²) in [5.74, 6) is -0.355. The van der Waals surface area contributed by atoms with Crippen LogP contribution in [0.4, 0.5) is 13.2 Å². The Labute approximate surface area is 218 Å². The first-order valence-corrected chi connectivity index (χ1v) is 14.1. The zero-order chi connectivity index (χ0) is 26.5. The van der Waals surface area contributed by atoms with E-state index in [0.29, 0.717) is 30.5 Å². The van der Waals surface area contributed by atoms with Gasteiger partial charge in [-0.1, -0.05) is 23.7 Å². The Balaban J connectivity index is 1.27. The number of carbonyl (C=O) groups excluding carboxylic acids is 1. The summed E-state index contributed by atoms with van der Waals surface area (Å²) in [5.41, 5.74) is 2.06. The average Bonchev–Trinajstić information content (AvgIpc) is 3.65. The average molecular weight is 554 g/mol. The fourth-order valence-corrected chi connectivity index (χ4v) is 6.60. The second-order valence-electron chi connectivity index (χ2n) is 9.97. The highest BCUT2D eigenvalue weighted by Gasteiger charge is 2.37. The van der Waals surface area contributed by atoms with Gasteiger partial charge in [0.15, 0.2) is 0 Å². The first-order valence-electron chi connectivity index (χ1n) is 12.2. The molecule has 3 aromatic rings. The van der Waals surface area contributed by atoms with Crippen LogP contribution >= 0.6 is 11.6 Å². The summed E-state index contributed by atoms with van der Waals surface area (Å²) in [5, 5.41) is 0.241. The molecule has 6 nitrogen and oxygen atoms in total. The molecule has 0 unspecified atom stereocenters. The second kappa shape index (κ2) is 9.63. The van der Waals surface area contributed by atoms with Gasteiger partial charge < -0.3 is 4.57 Å². The number of likely N-dealkylation sites (tertiary alicyclic amines) is 1. The molecule has 2 aromatic carbocycles. The predicted molar refractivity (Wildman–Crippen MR) is 136 cm³/mol. The van der Waals surface area contributed by atoms with Crippen LogP contribution in [0.2, 0.25) is 5.02 Å². The van der Waals surface area contributed by atoms with E-state index in [0.717, 1.165) is 48.5 Å². The number of sulfonamides is 1. The summed E-state index contributed by atoms with van der Waals surface area (Å²) in [6, 6.07) is 9.29. The number of hydrogen-bond acceptors (Lipinski definition) is 4. The quantitative estimate of drug-likeness (QED) is 0.440. The van der Waals surface area contributed by atoms with Gasteiger partial charge in [0.2, 0.25) is 10.0 Å². The highest BCUT2D eigenvalue weighted by atomic mass is 35.5. The van der Waals surface area contributed by atoms with Gasteiger partial charge in [-0.3, -0.25) is 9.69 Å². The Morgan fingerprint density at radius 2 is 1.78 bits per heavy atom. The Hall–Kier alpha value is -2.56. The molecule has 1 aliphatic heterocycles. The number of alkyl halides is 3. The monoisotopic (exact) mass is 553 g/mol. The third-order valence-corrected chi connectivity index (χ3v) is 9.40. The van der Waals surface area contributed by atoms with Crippen molar-refractivity contribution in [3.05, 3.63) is 69.9 Å². The molecule has 1 amide bonds. The first kappa shape index (κ1) is 26.1. The lowest BCUT2D eigenvalue weighted by Crippen LogP contribution is -2.33. The van der Waals surface area contributed by atoms with Gasteiger partial charge in [0.05, 0.1) is 15.8 Å². The number of aryl methyl sites for hydroxylation is 1. The third-order valence-electron chi connectivity index (χ3n) is 7.25. The van der Waals surface area contributed by atoms with Gasteiger partial charge in [-0.2, -0.15) is 13.2 Å². The topological polar surface area (TPSA) is 71.4 Å². The van der Waals surface area contributed by atoms with Crippen molar-refractivity contribution in [3.63, 3.8) is 0 Å². The molecule has 0 atom stereocenters. The fraction of sp³-hybridized carbons (Fsp3) is 0.423. The van der Waals surface area contributed by atoms with Crippen molar-refractivity contribution in [1.29, 1.82) is 0 Å². The molecule has 0 bridgehead atoms. The summed E-state index contributed by atoms with van der Waals surface area (Å²) in [6.45, 7) is 1.90. The van der Waals surface area contributed by atoms with E-state index >= 15 is 0 Å². The molecule has 0 spiro atoms. The molecule has 2 fully saturated rings. The summed E-state index contributed by atoms with van der Waals surface area (Å²) < 4.78 is 68.0. The molecule has 5 rings (SSSR count). The molecule has 1 aliphatic carbocycles. The van der Waals surface area contributed by atoms with Gasteiger partial charge in [0, 0.05) is 36.3 Å². The van der Waals surface area contributed by atoms with Gasteiger partial charge in [-0.25, -0.2) is 13.1 Å². The van der Waals surface area contributed by atoms with E-state index in [1.807, 2.05) is 23.9 Å². The SMILES string of the molecule is Cn1cc(C2CCN(Cc3ccc(Cl)c(C(F)(F)F)c3)CC2)c2ccc(C(=O)NS(=O)(=O)C3CC3)cc21. The molecule has 1 saturated heterocycles. The summed E-state index contributed by atoms with van der Waals surface area (Å²) >= 11 is 5.75. The van der Waals surface area contributed by atoms with Crippen LogP contribution in [0.5, 0.6) is 0 Å². The van der Waals surface area contributed by atoms with Gasteiger partial charge in [-0.05, 0) is 80.1 Å². The first-order chi connectivity index (χ1) is 17.4. The molecule has 1 saturated carbocycles. The maximum absolute atomic E-state index is 13.2. The van der Waals surface area contributed by atoms with Crippen LogP contribution in [0, 0.1) is 0 Å². The molecule has 198 valence electrons. The number of amides is 1. The molecule has 11 heteroatoms. The predicted octanol–water partition coefficient (Wildman–Crippen LogP) is 5.45. The number of nitrogens with one attached hydrogen (secondary N) is 1. The number of halogens is 4. The Morgan fingerprint density at radius 1 is 1.08 bits per heavy atom. The van der Waals surface area contributed by atoms with Gasteiger partial charge in [-0.15, -0.1) is 0 Å². The summed E-state index contributed by atoms with van der Waals surface area (Å²) in [7, 11) is -1.73. The molecule has 1 N–H and O–H groups in total. The largest absolute Gasteiger partial charge is 0.417 e. The standard InChI is InChI=1S/C26H27ClF3N3O3S/c1-32-15-21(20-6-3-18(13-24(20)32)25(34)31-37(35,36)19-4-5-19)17-8-10-33(11-9-17)14-16-2-7-23(27)22(12-16)26(28,29)30/h2-3,6-7,12-13,15,17,19H,4-5,8-11,14H2,1H3,(H,31,34). The van der Waals surface area contributed by atoms with Crippen LogP contribution in [0.25, 0.3) is 10.9 Å². The second-order valence-corrected chi connectivity index (χ2v) is 12.3. The minimum Gasteiger partial charge on any atom is -0.350 e. The molecule has 2 aliphatic rings. The van der Waals surface area contributed by atoms with Crippen LogP contribution in [0.3, 0.4) is 0 Å².